The van der Waals surface area contributed by atoms with E-state index >= 15 is 0 Å². The average molecular weight is 313 g/mol. The quantitative estimate of drug-likeness (QED) is 0.556. The number of anilines is 1. The zero-order chi connectivity index (χ0) is 15.4. The molecule has 0 aliphatic carbocycles. The van der Waals surface area contributed by atoms with Crippen molar-refractivity contribution in [2.75, 3.05) is 5.32 Å². The molecule has 0 amide bonds. The van der Waals surface area contributed by atoms with Gasteiger partial charge in [-0.15, -0.1) is 0 Å². The van der Waals surface area contributed by atoms with Gasteiger partial charge in [0.2, 0.25) is 0 Å². The van der Waals surface area contributed by atoms with Crippen LogP contribution in [0, 0.1) is 5.41 Å². The van der Waals surface area contributed by atoms with Gasteiger partial charge in [0.25, 0.3) is 0 Å². The Morgan fingerprint density at radius 3 is 2.68 bits per heavy atom. The van der Waals surface area contributed by atoms with Crippen LogP contribution in [0.1, 0.15) is 16.9 Å². The fraction of sp³-hybridized carbons (Fsp3) is 0.0625. The Bertz CT molecular complexity index is 772. The summed E-state index contributed by atoms with van der Waals surface area (Å²) in [6, 6.07) is 13.3. The van der Waals surface area contributed by atoms with Crippen molar-refractivity contribution in [1.82, 2.24) is 9.97 Å². The summed E-state index contributed by atoms with van der Waals surface area (Å²) < 4.78 is 5.26. The Labute approximate surface area is 132 Å². The van der Waals surface area contributed by atoms with Gasteiger partial charge in [0, 0.05) is 6.54 Å². The maximum Gasteiger partial charge on any atom is 0.152 e. The first kappa shape index (κ1) is 14.3. The van der Waals surface area contributed by atoms with Crippen molar-refractivity contribution in [3.05, 3.63) is 77.1 Å². The molecule has 0 unspecified atom stereocenters. The van der Waals surface area contributed by atoms with Gasteiger partial charge in [0.05, 0.1) is 11.8 Å². The van der Waals surface area contributed by atoms with E-state index in [2.05, 4.69) is 15.3 Å². The number of nitrogens with zero attached hydrogens (tertiary/aromatic N) is 2. The van der Waals surface area contributed by atoms with Crippen LogP contribution in [0.2, 0.25) is 5.15 Å². The molecule has 0 radical (unpaired) electrons. The van der Waals surface area contributed by atoms with Gasteiger partial charge in [-0.05, 0) is 17.7 Å². The van der Waals surface area contributed by atoms with Gasteiger partial charge in [0.1, 0.15) is 23.0 Å². The molecular formula is C16H13ClN4O. The Kier molecular flexibility index (Phi) is 4.16. The van der Waals surface area contributed by atoms with Crippen LogP contribution >= 0.6 is 11.6 Å². The highest BCUT2D eigenvalue weighted by molar-refractivity contribution is 6.34. The van der Waals surface area contributed by atoms with E-state index in [-0.39, 0.29) is 10.9 Å². The molecule has 0 aliphatic heterocycles. The molecule has 5 nitrogen and oxygen atoms in total. The molecule has 0 bridgehead atoms. The molecule has 2 heterocycles. The first-order chi connectivity index (χ1) is 10.8. The molecule has 0 saturated carbocycles. The zero-order valence-electron chi connectivity index (χ0n) is 11.6. The fourth-order valence-corrected chi connectivity index (χ4v) is 2.27. The van der Waals surface area contributed by atoms with Crippen molar-refractivity contribution >= 4 is 23.1 Å². The largest absolute Gasteiger partial charge is 0.463 e. The van der Waals surface area contributed by atoms with E-state index in [1.165, 1.54) is 12.6 Å². The molecule has 0 fully saturated rings. The molecule has 6 heteroatoms. The minimum absolute atomic E-state index is 0.145. The third-order valence-corrected chi connectivity index (χ3v) is 3.41. The number of rotatable bonds is 5. The second-order valence-electron chi connectivity index (χ2n) is 4.58. The SMILES string of the molecule is N=C(c1ccco1)c1c(Cl)ncnc1NCc1ccccc1. The molecule has 0 saturated heterocycles. The first-order valence-electron chi connectivity index (χ1n) is 6.67. The third kappa shape index (κ3) is 2.99. The Morgan fingerprint density at radius 2 is 1.95 bits per heavy atom. The smallest absolute Gasteiger partial charge is 0.152 e. The molecule has 2 N–H and O–H groups in total. The van der Waals surface area contributed by atoms with Crippen molar-refractivity contribution in [2.45, 2.75) is 6.54 Å². The summed E-state index contributed by atoms with van der Waals surface area (Å²) >= 11 is 6.15. The summed E-state index contributed by atoms with van der Waals surface area (Å²) in [7, 11) is 0. The summed E-state index contributed by atoms with van der Waals surface area (Å²) in [5, 5.41) is 11.7. The maximum atomic E-state index is 8.25. The lowest BCUT2D eigenvalue weighted by Gasteiger charge is -2.11. The van der Waals surface area contributed by atoms with Gasteiger partial charge in [-0.1, -0.05) is 41.9 Å². The molecule has 22 heavy (non-hydrogen) atoms. The normalized spacial score (nSPS) is 10.4. The number of furan rings is 1. The van der Waals surface area contributed by atoms with Crippen LogP contribution in [0.5, 0.6) is 0 Å². The van der Waals surface area contributed by atoms with Crippen LogP contribution in [-0.4, -0.2) is 15.7 Å². The number of hydrogen-bond acceptors (Lipinski definition) is 5. The van der Waals surface area contributed by atoms with E-state index in [4.69, 9.17) is 21.4 Å². The molecule has 1 aromatic carbocycles. The van der Waals surface area contributed by atoms with Gasteiger partial charge in [-0.3, -0.25) is 5.41 Å². The van der Waals surface area contributed by atoms with Crippen LogP contribution in [0.25, 0.3) is 0 Å². The minimum atomic E-state index is 0.145. The molecule has 3 aromatic rings. The highest BCUT2D eigenvalue weighted by Gasteiger charge is 2.18. The Morgan fingerprint density at radius 1 is 1.14 bits per heavy atom. The van der Waals surface area contributed by atoms with Crippen LogP contribution in [0.15, 0.2) is 59.5 Å². The molecule has 110 valence electrons. The molecular weight excluding hydrogens is 300 g/mol. The zero-order valence-corrected chi connectivity index (χ0v) is 12.3. The van der Waals surface area contributed by atoms with Gasteiger partial charge in [0.15, 0.2) is 5.76 Å². The summed E-state index contributed by atoms with van der Waals surface area (Å²) in [5.41, 5.74) is 1.67. The van der Waals surface area contributed by atoms with Crippen molar-refractivity contribution in [3.8, 4) is 0 Å². The van der Waals surface area contributed by atoms with E-state index < -0.39 is 0 Å². The van der Waals surface area contributed by atoms with Crippen LogP contribution in [0.4, 0.5) is 5.82 Å². The first-order valence-corrected chi connectivity index (χ1v) is 7.04. The Balaban J connectivity index is 1.88. The summed E-state index contributed by atoms with van der Waals surface area (Å²) in [6.45, 7) is 0.576. The predicted molar refractivity (Wildman–Crippen MR) is 85.4 cm³/mol. The van der Waals surface area contributed by atoms with Crippen molar-refractivity contribution < 1.29 is 4.42 Å². The van der Waals surface area contributed by atoms with Crippen LogP contribution < -0.4 is 5.32 Å². The van der Waals surface area contributed by atoms with Crippen LogP contribution in [-0.2, 0) is 6.54 Å². The van der Waals surface area contributed by atoms with E-state index in [0.717, 1.165) is 5.56 Å². The van der Waals surface area contributed by atoms with Gasteiger partial charge < -0.3 is 9.73 Å². The number of aromatic nitrogens is 2. The van der Waals surface area contributed by atoms with E-state index in [9.17, 15) is 0 Å². The highest BCUT2D eigenvalue weighted by Crippen LogP contribution is 2.24. The second kappa shape index (κ2) is 6.41. The van der Waals surface area contributed by atoms with E-state index in [1.807, 2.05) is 30.3 Å². The topological polar surface area (TPSA) is 74.8 Å². The summed E-state index contributed by atoms with van der Waals surface area (Å²) in [4.78, 5) is 8.15. The molecule has 0 spiro atoms. The minimum Gasteiger partial charge on any atom is -0.463 e. The van der Waals surface area contributed by atoms with E-state index in [1.54, 1.807) is 12.1 Å². The lowest BCUT2D eigenvalue weighted by molar-refractivity contribution is 0.557. The lowest BCUT2D eigenvalue weighted by Crippen LogP contribution is -2.11. The van der Waals surface area contributed by atoms with Crippen molar-refractivity contribution in [2.24, 2.45) is 0 Å². The number of halogens is 1. The van der Waals surface area contributed by atoms with Gasteiger partial charge >= 0.3 is 0 Å². The summed E-state index contributed by atoms with van der Waals surface area (Å²) in [5.74, 6) is 0.921. The second-order valence-corrected chi connectivity index (χ2v) is 4.94. The number of benzene rings is 1. The molecule has 2 aromatic heterocycles. The van der Waals surface area contributed by atoms with Gasteiger partial charge in [-0.2, -0.15) is 0 Å². The van der Waals surface area contributed by atoms with E-state index in [0.29, 0.717) is 23.7 Å². The molecule has 0 atom stereocenters. The monoisotopic (exact) mass is 312 g/mol. The standard InChI is InChI=1S/C16H13ClN4O/c17-15-13(14(18)12-7-4-8-22-12)16(21-10-20-15)19-9-11-5-2-1-3-6-11/h1-8,10,18H,9H2,(H,19,20,21). The fourth-order valence-electron chi connectivity index (χ4n) is 2.05. The maximum absolute atomic E-state index is 8.25. The number of nitrogens with one attached hydrogen (secondary N) is 2. The lowest BCUT2D eigenvalue weighted by atomic mass is 10.1. The number of hydrogen-bond donors (Lipinski definition) is 2. The predicted octanol–water partition coefficient (Wildman–Crippen LogP) is 3.75. The van der Waals surface area contributed by atoms with Crippen molar-refractivity contribution in [3.63, 3.8) is 0 Å². The van der Waals surface area contributed by atoms with Crippen LogP contribution in [0.3, 0.4) is 0 Å². The average Bonchev–Trinajstić information content (AvgIpc) is 3.08. The Hall–Kier alpha value is -2.66. The van der Waals surface area contributed by atoms with Gasteiger partial charge in [-0.25, -0.2) is 9.97 Å². The molecule has 3 rings (SSSR count). The molecule has 0 aliphatic rings. The van der Waals surface area contributed by atoms with Crippen molar-refractivity contribution in [1.29, 1.82) is 5.41 Å². The highest BCUT2D eigenvalue weighted by atomic mass is 35.5. The summed E-state index contributed by atoms with van der Waals surface area (Å²) in [6.07, 6.45) is 2.88. The third-order valence-electron chi connectivity index (χ3n) is 3.12.